The number of nitrogens with zero attached hydrogens (tertiary/aromatic N) is 3. The summed E-state index contributed by atoms with van der Waals surface area (Å²) in [6, 6.07) is 1.50. The molecule has 2 aliphatic heterocycles. The molecule has 2 saturated heterocycles. The highest BCUT2D eigenvalue weighted by atomic mass is 15.2. The first kappa shape index (κ1) is 17.2. The summed E-state index contributed by atoms with van der Waals surface area (Å²) in [7, 11) is 4.63. The van der Waals surface area contributed by atoms with Gasteiger partial charge >= 0.3 is 0 Å². The summed E-state index contributed by atoms with van der Waals surface area (Å²) in [4.78, 5) is 7.79. The zero-order chi connectivity index (χ0) is 15.2. The predicted octanol–water partition coefficient (Wildman–Crippen LogP) is 1.33. The Bertz CT molecular complexity index is 285. The van der Waals surface area contributed by atoms with Crippen molar-refractivity contribution in [2.45, 2.75) is 45.2 Å². The van der Waals surface area contributed by atoms with E-state index in [1.165, 1.54) is 65.1 Å². The molecular formula is C17H36N4. The summed E-state index contributed by atoms with van der Waals surface area (Å²) >= 11 is 0. The number of likely N-dealkylation sites (N-methyl/N-ethyl adjacent to an activating group) is 1. The third-order valence-electron chi connectivity index (χ3n) is 5.76. The fourth-order valence-electron chi connectivity index (χ4n) is 4.07. The highest BCUT2D eigenvalue weighted by Gasteiger charge is 2.33. The van der Waals surface area contributed by atoms with E-state index in [0.717, 1.165) is 12.0 Å². The van der Waals surface area contributed by atoms with Gasteiger partial charge in [0.2, 0.25) is 0 Å². The Morgan fingerprint density at radius 2 is 1.76 bits per heavy atom. The molecule has 0 amide bonds. The first-order valence-corrected chi connectivity index (χ1v) is 8.99. The maximum atomic E-state index is 3.63. The van der Waals surface area contributed by atoms with E-state index < -0.39 is 0 Å². The van der Waals surface area contributed by atoms with E-state index in [0.29, 0.717) is 6.04 Å². The number of rotatable bonds is 6. The van der Waals surface area contributed by atoms with Crippen molar-refractivity contribution >= 4 is 0 Å². The van der Waals surface area contributed by atoms with Crippen molar-refractivity contribution in [3.8, 4) is 0 Å². The Morgan fingerprint density at radius 1 is 1.10 bits per heavy atom. The van der Waals surface area contributed by atoms with E-state index in [4.69, 9.17) is 0 Å². The molecule has 0 aliphatic carbocycles. The number of nitrogens with one attached hydrogen (secondary N) is 1. The maximum Gasteiger partial charge on any atom is 0.0261 e. The summed E-state index contributed by atoms with van der Waals surface area (Å²) in [5.41, 5.74) is 0. The molecule has 1 N–H and O–H groups in total. The molecule has 2 atom stereocenters. The van der Waals surface area contributed by atoms with Crippen LogP contribution >= 0.6 is 0 Å². The highest BCUT2D eigenvalue weighted by Crippen LogP contribution is 2.24. The van der Waals surface area contributed by atoms with Crippen LogP contribution in [0.2, 0.25) is 0 Å². The molecule has 0 radical (unpaired) electrons. The van der Waals surface area contributed by atoms with E-state index in [2.05, 4.69) is 48.0 Å². The summed E-state index contributed by atoms with van der Waals surface area (Å²) in [6.07, 6.45) is 4.00. The van der Waals surface area contributed by atoms with Crippen molar-refractivity contribution in [2.75, 3.05) is 59.9 Å². The van der Waals surface area contributed by atoms with Gasteiger partial charge in [-0.05, 0) is 72.0 Å². The molecule has 2 unspecified atom stereocenters. The SMILES string of the molecule is CCN(CC)CC1CCNCC1N(C)C1CCN(C)CC1. The number of hydrogen-bond donors (Lipinski definition) is 1. The molecule has 2 rings (SSSR count). The van der Waals surface area contributed by atoms with Gasteiger partial charge in [-0.3, -0.25) is 4.90 Å². The lowest BCUT2D eigenvalue weighted by atomic mass is 9.89. The van der Waals surface area contributed by atoms with Gasteiger partial charge in [0.05, 0.1) is 0 Å². The molecule has 0 saturated carbocycles. The average molecular weight is 297 g/mol. The van der Waals surface area contributed by atoms with E-state index in [9.17, 15) is 0 Å². The van der Waals surface area contributed by atoms with Gasteiger partial charge in [-0.25, -0.2) is 0 Å². The smallest absolute Gasteiger partial charge is 0.0261 e. The predicted molar refractivity (Wildman–Crippen MR) is 90.8 cm³/mol. The Labute approximate surface area is 131 Å². The second kappa shape index (κ2) is 8.47. The summed E-state index contributed by atoms with van der Waals surface area (Å²) in [5.74, 6) is 0.829. The monoisotopic (exact) mass is 296 g/mol. The van der Waals surface area contributed by atoms with Gasteiger partial charge in [-0.2, -0.15) is 0 Å². The van der Waals surface area contributed by atoms with Crippen molar-refractivity contribution in [1.82, 2.24) is 20.0 Å². The molecule has 124 valence electrons. The Kier molecular flexibility index (Phi) is 6.93. The van der Waals surface area contributed by atoms with Gasteiger partial charge in [0.25, 0.3) is 0 Å². The third-order valence-corrected chi connectivity index (χ3v) is 5.76. The normalized spacial score (nSPS) is 29.4. The molecule has 0 bridgehead atoms. The lowest BCUT2D eigenvalue weighted by Crippen LogP contribution is -2.57. The van der Waals surface area contributed by atoms with Gasteiger partial charge in [-0.1, -0.05) is 13.8 Å². The molecule has 0 aromatic heterocycles. The molecule has 0 spiro atoms. The van der Waals surface area contributed by atoms with Crippen LogP contribution in [-0.2, 0) is 0 Å². The van der Waals surface area contributed by atoms with Crippen molar-refractivity contribution in [3.63, 3.8) is 0 Å². The first-order valence-electron chi connectivity index (χ1n) is 8.99. The number of piperidine rings is 2. The van der Waals surface area contributed by atoms with Crippen molar-refractivity contribution in [1.29, 1.82) is 0 Å². The van der Waals surface area contributed by atoms with Gasteiger partial charge in [0.1, 0.15) is 0 Å². The van der Waals surface area contributed by atoms with Crippen LogP contribution in [0.5, 0.6) is 0 Å². The van der Waals surface area contributed by atoms with Gasteiger partial charge in [0.15, 0.2) is 0 Å². The van der Waals surface area contributed by atoms with Crippen LogP contribution in [0.4, 0.5) is 0 Å². The summed E-state index contributed by atoms with van der Waals surface area (Å²) < 4.78 is 0. The van der Waals surface area contributed by atoms with E-state index >= 15 is 0 Å². The second-order valence-electron chi connectivity index (χ2n) is 7.01. The minimum atomic E-state index is 0.716. The molecule has 0 aromatic rings. The number of hydrogen-bond acceptors (Lipinski definition) is 4. The van der Waals surface area contributed by atoms with Gasteiger partial charge in [0, 0.05) is 25.2 Å². The first-order chi connectivity index (χ1) is 10.2. The quantitative estimate of drug-likeness (QED) is 0.798. The average Bonchev–Trinajstić information content (AvgIpc) is 2.53. The zero-order valence-electron chi connectivity index (χ0n) is 14.6. The van der Waals surface area contributed by atoms with Crippen LogP contribution < -0.4 is 5.32 Å². The highest BCUT2D eigenvalue weighted by molar-refractivity contribution is 4.90. The van der Waals surface area contributed by atoms with Crippen LogP contribution in [0.3, 0.4) is 0 Å². The minimum Gasteiger partial charge on any atom is -0.315 e. The second-order valence-corrected chi connectivity index (χ2v) is 7.01. The van der Waals surface area contributed by atoms with Crippen LogP contribution in [0.25, 0.3) is 0 Å². The third kappa shape index (κ3) is 4.65. The molecule has 4 nitrogen and oxygen atoms in total. The minimum absolute atomic E-state index is 0.716. The lowest BCUT2D eigenvalue weighted by molar-refractivity contribution is 0.0506. The van der Waals surface area contributed by atoms with Crippen LogP contribution in [-0.4, -0.2) is 86.7 Å². The topological polar surface area (TPSA) is 21.8 Å². The van der Waals surface area contributed by atoms with Crippen LogP contribution in [0, 0.1) is 5.92 Å². The molecule has 2 heterocycles. The molecule has 4 heteroatoms. The van der Waals surface area contributed by atoms with E-state index in [1.807, 2.05) is 0 Å². The molecule has 2 fully saturated rings. The molecule has 21 heavy (non-hydrogen) atoms. The Balaban J connectivity index is 1.93. The van der Waals surface area contributed by atoms with Crippen molar-refractivity contribution < 1.29 is 0 Å². The van der Waals surface area contributed by atoms with Crippen molar-refractivity contribution in [2.24, 2.45) is 5.92 Å². The fraction of sp³-hybridized carbons (Fsp3) is 1.00. The largest absolute Gasteiger partial charge is 0.315 e. The summed E-state index contributed by atoms with van der Waals surface area (Å²) in [5, 5.41) is 3.63. The summed E-state index contributed by atoms with van der Waals surface area (Å²) in [6.45, 7) is 13.1. The molecular weight excluding hydrogens is 260 g/mol. The molecule has 0 aromatic carbocycles. The van der Waals surface area contributed by atoms with Gasteiger partial charge in [-0.15, -0.1) is 0 Å². The number of likely N-dealkylation sites (tertiary alicyclic amines) is 1. The van der Waals surface area contributed by atoms with Crippen LogP contribution in [0.1, 0.15) is 33.1 Å². The molecule has 2 aliphatic rings. The lowest BCUT2D eigenvalue weighted by Gasteiger charge is -2.45. The van der Waals surface area contributed by atoms with Crippen molar-refractivity contribution in [3.05, 3.63) is 0 Å². The standard InChI is InChI=1S/C17H36N4/c1-5-21(6-2)14-15-7-10-18-13-17(15)20(4)16-8-11-19(3)12-9-16/h15-18H,5-14H2,1-4H3. The van der Waals surface area contributed by atoms with Gasteiger partial charge < -0.3 is 15.1 Å². The van der Waals surface area contributed by atoms with E-state index in [1.54, 1.807) is 0 Å². The van der Waals surface area contributed by atoms with E-state index in [-0.39, 0.29) is 0 Å². The Hall–Kier alpha value is -0.160. The maximum absolute atomic E-state index is 3.63. The fourth-order valence-corrected chi connectivity index (χ4v) is 4.07. The zero-order valence-corrected chi connectivity index (χ0v) is 14.6. The van der Waals surface area contributed by atoms with Crippen LogP contribution in [0.15, 0.2) is 0 Å². The Morgan fingerprint density at radius 3 is 2.38 bits per heavy atom.